The summed E-state index contributed by atoms with van der Waals surface area (Å²) in [5, 5.41) is 15.6. The number of anilines is 1. The Morgan fingerprint density at radius 1 is 1.35 bits per heavy atom. The van der Waals surface area contributed by atoms with Crippen LogP contribution in [0, 0.1) is 12.8 Å². The highest BCUT2D eigenvalue weighted by Gasteiger charge is 2.23. The lowest BCUT2D eigenvalue weighted by atomic mass is 10.1. The molecule has 3 unspecified atom stereocenters. The third-order valence-corrected chi connectivity index (χ3v) is 3.94. The fourth-order valence-electron chi connectivity index (χ4n) is 2.56. The lowest BCUT2D eigenvalue weighted by Crippen LogP contribution is -2.40. The number of aryl methyl sites for hydroxylation is 1. The van der Waals surface area contributed by atoms with Gasteiger partial charge in [0, 0.05) is 5.69 Å². The zero-order valence-electron chi connectivity index (χ0n) is 12.2. The molecule has 0 radical (unpaired) electrons. The van der Waals surface area contributed by atoms with Gasteiger partial charge >= 0.3 is 0 Å². The number of aliphatic hydroxyl groups is 1. The van der Waals surface area contributed by atoms with Crippen molar-refractivity contribution in [1.29, 1.82) is 0 Å². The van der Waals surface area contributed by atoms with Crippen molar-refractivity contribution in [3.63, 3.8) is 0 Å². The van der Waals surface area contributed by atoms with Gasteiger partial charge in [0.25, 0.3) is 0 Å². The van der Waals surface area contributed by atoms with Crippen molar-refractivity contribution >= 4 is 11.6 Å². The number of nitrogens with one attached hydrogen (secondary N) is 2. The first-order valence-corrected chi connectivity index (χ1v) is 7.33. The predicted molar refractivity (Wildman–Crippen MR) is 80.6 cm³/mol. The highest BCUT2D eigenvalue weighted by Crippen LogP contribution is 2.24. The van der Waals surface area contributed by atoms with Crippen molar-refractivity contribution in [2.24, 2.45) is 5.92 Å². The third kappa shape index (κ3) is 4.32. The minimum atomic E-state index is -0.228. The molecule has 20 heavy (non-hydrogen) atoms. The second kappa shape index (κ2) is 6.86. The number of benzene rings is 1. The number of aliphatic hydroxyl groups excluding tert-OH is 1. The lowest BCUT2D eigenvalue weighted by molar-refractivity contribution is -0.117. The summed E-state index contributed by atoms with van der Waals surface area (Å²) in [4.78, 5) is 12.0. The smallest absolute Gasteiger partial charge is 0.241 e. The maximum Gasteiger partial charge on any atom is 0.241 e. The molecule has 4 heteroatoms. The zero-order valence-corrected chi connectivity index (χ0v) is 12.2. The Morgan fingerprint density at radius 2 is 2.05 bits per heavy atom. The Morgan fingerprint density at radius 3 is 2.65 bits per heavy atom. The molecular weight excluding hydrogens is 252 g/mol. The second-order valence-electron chi connectivity index (χ2n) is 5.82. The monoisotopic (exact) mass is 276 g/mol. The lowest BCUT2D eigenvalue weighted by Gasteiger charge is -2.17. The van der Waals surface area contributed by atoms with Crippen LogP contribution in [0.15, 0.2) is 24.3 Å². The van der Waals surface area contributed by atoms with Crippen LogP contribution in [0.1, 0.15) is 31.7 Å². The molecule has 4 nitrogen and oxygen atoms in total. The number of carbonyl (C=O) groups is 1. The SMILES string of the molecule is Cc1ccc(NC(=O)C(C)NCC2CCC(O)C2)cc1. The van der Waals surface area contributed by atoms with Crippen molar-refractivity contribution in [2.75, 3.05) is 11.9 Å². The molecule has 1 aliphatic carbocycles. The number of amides is 1. The molecule has 0 spiro atoms. The average Bonchev–Trinajstić information content (AvgIpc) is 2.84. The summed E-state index contributed by atoms with van der Waals surface area (Å²) in [7, 11) is 0. The van der Waals surface area contributed by atoms with Gasteiger partial charge in [0.15, 0.2) is 0 Å². The quantitative estimate of drug-likeness (QED) is 0.771. The fourth-order valence-corrected chi connectivity index (χ4v) is 2.56. The molecule has 3 atom stereocenters. The molecule has 3 N–H and O–H groups in total. The van der Waals surface area contributed by atoms with E-state index in [4.69, 9.17) is 0 Å². The molecule has 1 fully saturated rings. The Kier molecular flexibility index (Phi) is 5.15. The third-order valence-electron chi connectivity index (χ3n) is 3.94. The van der Waals surface area contributed by atoms with Gasteiger partial charge in [0.1, 0.15) is 0 Å². The molecule has 0 aliphatic heterocycles. The summed E-state index contributed by atoms with van der Waals surface area (Å²) in [6.07, 6.45) is 2.62. The van der Waals surface area contributed by atoms with Crippen molar-refractivity contribution in [3.8, 4) is 0 Å². The van der Waals surface area contributed by atoms with Gasteiger partial charge in [-0.25, -0.2) is 0 Å². The van der Waals surface area contributed by atoms with E-state index in [9.17, 15) is 9.90 Å². The van der Waals surface area contributed by atoms with Gasteiger partial charge in [-0.1, -0.05) is 17.7 Å². The zero-order chi connectivity index (χ0) is 14.5. The molecule has 0 aromatic heterocycles. The molecule has 1 saturated carbocycles. The van der Waals surface area contributed by atoms with E-state index in [-0.39, 0.29) is 18.1 Å². The minimum Gasteiger partial charge on any atom is -0.393 e. The van der Waals surface area contributed by atoms with Gasteiger partial charge in [-0.3, -0.25) is 4.79 Å². The molecule has 1 aromatic rings. The predicted octanol–water partition coefficient (Wildman–Crippen LogP) is 2.07. The molecular formula is C16H24N2O2. The van der Waals surface area contributed by atoms with Gasteiger partial charge in [-0.15, -0.1) is 0 Å². The van der Waals surface area contributed by atoms with Crippen LogP contribution in [-0.4, -0.2) is 29.7 Å². The molecule has 1 amide bonds. The largest absolute Gasteiger partial charge is 0.393 e. The van der Waals surface area contributed by atoms with Gasteiger partial charge in [0.2, 0.25) is 5.91 Å². The highest BCUT2D eigenvalue weighted by molar-refractivity contribution is 5.94. The van der Waals surface area contributed by atoms with E-state index >= 15 is 0 Å². The summed E-state index contributed by atoms with van der Waals surface area (Å²) in [6.45, 7) is 4.68. The number of rotatable bonds is 5. The molecule has 0 bridgehead atoms. The molecule has 2 rings (SSSR count). The van der Waals surface area contributed by atoms with E-state index in [1.807, 2.05) is 38.1 Å². The summed E-state index contributed by atoms with van der Waals surface area (Å²) >= 11 is 0. The average molecular weight is 276 g/mol. The first-order chi connectivity index (χ1) is 9.54. The minimum absolute atomic E-state index is 0.0209. The first kappa shape index (κ1) is 15.0. The van der Waals surface area contributed by atoms with Crippen LogP contribution in [0.2, 0.25) is 0 Å². The Balaban J connectivity index is 1.75. The van der Waals surface area contributed by atoms with Crippen LogP contribution in [0.25, 0.3) is 0 Å². The first-order valence-electron chi connectivity index (χ1n) is 7.33. The fraction of sp³-hybridized carbons (Fsp3) is 0.562. The van der Waals surface area contributed by atoms with Crippen LogP contribution < -0.4 is 10.6 Å². The topological polar surface area (TPSA) is 61.4 Å². The van der Waals surface area contributed by atoms with Gasteiger partial charge in [0.05, 0.1) is 12.1 Å². The maximum absolute atomic E-state index is 12.0. The van der Waals surface area contributed by atoms with E-state index in [0.29, 0.717) is 5.92 Å². The van der Waals surface area contributed by atoms with E-state index < -0.39 is 0 Å². The maximum atomic E-state index is 12.0. The van der Waals surface area contributed by atoms with Crippen molar-refractivity contribution in [2.45, 2.75) is 45.3 Å². The van der Waals surface area contributed by atoms with Crippen LogP contribution >= 0.6 is 0 Å². The van der Waals surface area contributed by atoms with Crippen LogP contribution in [0.4, 0.5) is 5.69 Å². The Hall–Kier alpha value is -1.39. The van der Waals surface area contributed by atoms with Crippen LogP contribution in [0.3, 0.4) is 0 Å². The molecule has 110 valence electrons. The molecule has 0 heterocycles. The van der Waals surface area contributed by atoms with E-state index in [0.717, 1.165) is 31.5 Å². The Bertz CT molecular complexity index is 444. The standard InChI is InChI=1S/C16H24N2O2/c1-11-3-6-14(7-4-11)18-16(20)12(2)17-10-13-5-8-15(19)9-13/h3-4,6-7,12-13,15,17,19H,5,8-10H2,1-2H3,(H,18,20). The Labute approximate surface area is 120 Å². The summed E-state index contributed by atoms with van der Waals surface area (Å²) < 4.78 is 0. The summed E-state index contributed by atoms with van der Waals surface area (Å²) in [5.74, 6) is 0.465. The van der Waals surface area contributed by atoms with Gasteiger partial charge in [-0.05, 0) is 57.7 Å². The highest BCUT2D eigenvalue weighted by atomic mass is 16.3. The van der Waals surface area contributed by atoms with Gasteiger partial charge in [-0.2, -0.15) is 0 Å². The van der Waals surface area contributed by atoms with Crippen molar-refractivity contribution in [1.82, 2.24) is 5.32 Å². The van der Waals surface area contributed by atoms with Crippen molar-refractivity contribution in [3.05, 3.63) is 29.8 Å². The number of hydrogen-bond donors (Lipinski definition) is 3. The van der Waals surface area contributed by atoms with E-state index in [1.54, 1.807) is 0 Å². The number of carbonyl (C=O) groups excluding carboxylic acids is 1. The molecule has 1 aliphatic rings. The molecule has 0 saturated heterocycles. The van der Waals surface area contributed by atoms with Crippen LogP contribution in [0.5, 0.6) is 0 Å². The van der Waals surface area contributed by atoms with E-state index in [2.05, 4.69) is 10.6 Å². The van der Waals surface area contributed by atoms with Crippen LogP contribution in [-0.2, 0) is 4.79 Å². The van der Waals surface area contributed by atoms with E-state index in [1.165, 1.54) is 5.56 Å². The second-order valence-corrected chi connectivity index (χ2v) is 5.82. The molecule has 1 aromatic carbocycles. The summed E-state index contributed by atoms with van der Waals surface area (Å²) in [5.41, 5.74) is 2.00. The van der Waals surface area contributed by atoms with Crippen molar-refractivity contribution < 1.29 is 9.90 Å². The van der Waals surface area contributed by atoms with Gasteiger partial charge < -0.3 is 15.7 Å². The summed E-state index contributed by atoms with van der Waals surface area (Å²) in [6, 6.07) is 7.55. The number of hydrogen-bond acceptors (Lipinski definition) is 3. The normalized spacial score (nSPS) is 23.6.